The Balaban J connectivity index is 0.000001000. The van der Waals surface area contributed by atoms with Gasteiger partial charge in [-0.15, -0.1) is 0 Å². The largest absolute Gasteiger partial charge is 2.00 e. The summed E-state index contributed by atoms with van der Waals surface area (Å²) in [5, 5.41) is 19.8. The summed E-state index contributed by atoms with van der Waals surface area (Å²) in [4.78, 5) is 0. The Morgan fingerprint density at radius 3 is 2.09 bits per heavy atom. The van der Waals surface area contributed by atoms with Crippen molar-refractivity contribution in [1.29, 1.82) is 0 Å². The van der Waals surface area contributed by atoms with E-state index in [2.05, 4.69) is 4.65 Å². The SMILES string of the molecule is [Mg+2].[O-]B([O-])Oc1ccccc1. The molecule has 1 aromatic rings. The molecule has 0 bridgehead atoms. The van der Waals surface area contributed by atoms with Crippen LogP contribution in [0.2, 0.25) is 0 Å². The fourth-order valence-corrected chi connectivity index (χ4v) is 0.610. The van der Waals surface area contributed by atoms with Crippen molar-refractivity contribution in [2.45, 2.75) is 0 Å². The van der Waals surface area contributed by atoms with Crippen LogP contribution in [0, 0.1) is 0 Å². The van der Waals surface area contributed by atoms with Gasteiger partial charge in [-0.2, -0.15) is 0 Å². The Bertz CT molecular complexity index is 192. The van der Waals surface area contributed by atoms with Gasteiger partial charge in [0.1, 0.15) is 7.32 Å². The fourth-order valence-electron chi connectivity index (χ4n) is 0.610. The molecule has 0 aliphatic carbocycles. The van der Waals surface area contributed by atoms with E-state index in [1.807, 2.05) is 0 Å². The van der Waals surface area contributed by atoms with Crippen LogP contribution in [0.1, 0.15) is 0 Å². The van der Waals surface area contributed by atoms with Crippen LogP contribution in [0.5, 0.6) is 5.75 Å². The third-order valence-electron chi connectivity index (χ3n) is 0.976. The van der Waals surface area contributed by atoms with E-state index in [0.717, 1.165) is 0 Å². The molecule has 1 aromatic carbocycles. The minimum atomic E-state index is -2.23. The van der Waals surface area contributed by atoms with E-state index in [4.69, 9.17) is 0 Å². The zero-order valence-corrected chi connectivity index (χ0v) is 7.31. The van der Waals surface area contributed by atoms with Crippen LogP contribution < -0.4 is 14.7 Å². The van der Waals surface area contributed by atoms with Crippen molar-refractivity contribution in [3.63, 3.8) is 0 Å². The molecular formula is C6H5BMgO3. The fraction of sp³-hybridized carbons (Fsp3) is 0. The second-order valence-electron chi connectivity index (χ2n) is 1.72. The molecule has 0 N–H and O–H groups in total. The molecule has 0 atom stereocenters. The summed E-state index contributed by atoms with van der Waals surface area (Å²) in [6.07, 6.45) is 0. The summed E-state index contributed by atoms with van der Waals surface area (Å²) in [6, 6.07) is 8.28. The van der Waals surface area contributed by atoms with Gasteiger partial charge in [0, 0.05) is 0 Å². The normalized spacial score (nSPS) is 8.18. The molecule has 0 unspecified atom stereocenters. The molecule has 0 saturated heterocycles. The zero-order chi connectivity index (χ0) is 7.40. The summed E-state index contributed by atoms with van der Waals surface area (Å²) >= 11 is 0. The third kappa shape index (κ3) is 4.26. The van der Waals surface area contributed by atoms with Crippen LogP contribution in [0.4, 0.5) is 0 Å². The van der Waals surface area contributed by atoms with Crippen LogP contribution >= 0.6 is 0 Å². The van der Waals surface area contributed by atoms with Gasteiger partial charge < -0.3 is 14.7 Å². The first kappa shape index (κ1) is 10.8. The Labute approximate surface area is 81.3 Å². The van der Waals surface area contributed by atoms with Crippen LogP contribution in [0.15, 0.2) is 30.3 Å². The molecule has 5 heteroatoms. The summed E-state index contributed by atoms with van der Waals surface area (Å²) in [5.74, 6) is 0.317. The van der Waals surface area contributed by atoms with Crippen molar-refractivity contribution in [1.82, 2.24) is 0 Å². The first-order valence-electron chi connectivity index (χ1n) is 2.82. The smallest absolute Gasteiger partial charge is 0.860 e. The van der Waals surface area contributed by atoms with Gasteiger partial charge in [0.2, 0.25) is 0 Å². The summed E-state index contributed by atoms with van der Waals surface area (Å²) in [6.45, 7) is 0. The van der Waals surface area contributed by atoms with Gasteiger partial charge in [0.25, 0.3) is 0 Å². The van der Waals surface area contributed by atoms with Crippen molar-refractivity contribution < 1.29 is 14.7 Å². The van der Waals surface area contributed by atoms with Crippen LogP contribution in [0.25, 0.3) is 0 Å². The van der Waals surface area contributed by atoms with Gasteiger partial charge in [-0.05, 0) is 12.1 Å². The average molecular weight is 160 g/mol. The predicted molar refractivity (Wildman–Crippen MR) is 38.6 cm³/mol. The van der Waals surface area contributed by atoms with Crippen molar-refractivity contribution in [2.24, 2.45) is 0 Å². The number of rotatable bonds is 2. The molecule has 0 aliphatic heterocycles. The van der Waals surface area contributed by atoms with E-state index in [-0.39, 0.29) is 23.1 Å². The van der Waals surface area contributed by atoms with E-state index < -0.39 is 7.32 Å². The van der Waals surface area contributed by atoms with Gasteiger partial charge >= 0.3 is 23.1 Å². The first-order valence-corrected chi connectivity index (χ1v) is 2.82. The standard InChI is InChI=1S/C6H5BO3.Mg/c8-7(9)10-6-4-2-1-3-5-6;/h1-5H;/q-2;+2. The molecule has 0 heterocycles. The van der Waals surface area contributed by atoms with Gasteiger partial charge in [-0.25, -0.2) is 0 Å². The number of para-hydroxylation sites is 1. The predicted octanol–water partition coefficient (Wildman–Crippen LogP) is -1.61. The number of hydrogen-bond acceptors (Lipinski definition) is 3. The minimum Gasteiger partial charge on any atom is -0.860 e. The van der Waals surface area contributed by atoms with Gasteiger partial charge in [0.15, 0.2) is 0 Å². The first-order chi connectivity index (χ1) is 4.79. The molecule has 3 nitrogen and oxygen atoms in total. The molecular weight excluding hydrogens is 155 g/mol. The number of benzene rings is 1. The Morgan fingerprint density at radius 1 is 1.09 bits per heavy atom. The minimum absolute atomic E-state index is 0. The molecule has 0 fully saturated rings. The van der Waals surface area contributed by atoms with Crippen LogP contribution in [0.3, 0.4) is 0 Å². The molecule has 1 rings (SSSR count). The maximum atomic E-state index is 9.92. The van der Waals surface area contributed by atoms with Crippen molar-refractivity contribution >= 4 is 30.4 Å². The van der Waals surface area contributed by atoms with E-state index in [1.54, 1.807) is 30.3 Å². The summed E-state index contributed by atoms with van der Waals surface area (Å²) in [7, 11) is -2.23. The van der Waals surface area contributed by atoms with E-state index in [1.165, 1.54) is 0 Å². The second-order valence-corrected chi connectivity index (χ2v) is 1.72. The molecule has 0 spiro atoms. The molecule has 0 aliphatic rings. The summed E-state index contributed by atoms with van der Waals surface area (Å²) < 4.78 is 4.30. The van der Waals surface area contributed by atoms with Crippen molar-refractivity contribution in [3.05, 3.63) is 30.3 Å². The summed E-state index contributed by atoms with van der Waals surface area (Å²) in [5.41, 5.74) is 0. The van der Waals surface area contributed by atoms with E-state index >= 15 is 0 Å². The maximum absolute atomic E-state index is 9.92. The van der Waals surface area contributed by atoms with Gasteiger partial charge in [-0.3, -0.25) is 0 Å². The second kappa shape index (κ2) is 5.43. The van der Waals surface area contributed by atoms with Crippen molar-refractivity contribution in [2.75, 3.05) is 0 Å². The topological polar surface area (TPSA) is 55.3 Å². The van der Waals surface area contributed by atoms with Crippen LogP contribution in [-0.4, -0.2) is 30.4 Å². The third-order valence-corrected chi connectivity index (χ3v) is 0.976. The van der Waals surface area contributed by atoms with Gasteiger partial charge in [0.05, 0.1) is 5.75 Å². The molecule has 11 heavy (non-hydrogen) atoms. The Hall–Kier alpha value is -0.229. The number of hydrogen-bond donors (Lipinski definition) is 0. The van der Waals surface area contributed by atoms with Gasteiger partial charge in [-0.1, -0.05) is 18.2 Å². The molecule has 52 valence electrons. The zero-order valence-electron chi connectivity index (χ0n) is 5.90. The average Bonchev–Trinajstić information content (AvgIpc) is 1.88. The Morgan fingerprint density at radius 2 is 1.64 bits per heavy atom. The maximum Gasteiger partial charge on any atom is 2.00 e. The molecule has 0 saturated carbocycles. The molecule has 0 radical (unpaired) electrons. The quantitative estimate of drug-likeness (QED) is 0.489. The molecule has 0 aromatic heterocycles. The Kier molecular flexibility index (Phi) is 5.31. The molecule has 0 amide bonds. The van der Waals surface area contributed by atoms with Crippen molar-refractivity contribution in [3.8, 4) is 5.75 Å². The van der Waals surface area contributed by atoms with E-state index in [0.29, 0.717) is 5.75 Å². The van der Waals surface area contributed by atoms with Crippen LogP contribution in [-0.2, 0) is 0 Å². The van der Waals surface area contributed by atoms with E-state index in [9.17, 15) is 10.0 Å². The monoisotopic (exact) mass is 160 g/mol.